The normalized spacial score (nSPS) is 18.2. The van der Waals surface area contributed by atoms with Crippen LogP contribution in [-0.2, 0) is 5.41 Å². The van der Waals surface area contributed by atoms with E-state index in [0.29, 0.717) is 0 Å². The number of anilines is 2. The summed E-state index contributed by atoms with van der Waals surface area (Å²) in [7, 11) is 0. The number of primary amides is 1. The maximum Gasteiger partial charge on any atom is 0.267 e. The van der Waals surface area contributed by atoms with Gasteiger partial charge in [-0.3, -0.25) is 4.79 Å². The number of nitrogens with two attached hydrogens (primary N) is 1. The van der Waals surface area contributed by atoms with Crippen LogP contribution in [0.15, 0.2) is 30.3 Å². The molecule has 0 atom stereocenters. The molecule has 2 aliphatic rings. The second-order valence-corrected chi connectivity index (χ2v) is 7.01. The molecule has 1 aromatic carbocycles. The fourth-order valence-electron chi connectivity index (χ4n) is 3.99. The number of carbonyl (C=O) groups is 1. The number of rotatable bonds is 2. The standard InChI is InChI=1S/C18H17ClFN3O/c19-12-4-3-11(9-13(12)20)23-10-18(7-1-2-8-18)16-15(23)6-5-14(22-16)17(21)24/h3-6,9H,1-2,7-8,10H2,(H2,21,24). The monoisotopic (exact) mass is 345 g/mol. The highest BCUT2D eigenvalue weighted by Gasteiger charge is 2.46. The average molecular weight is 346 g/mol. The van der Waals surface area contributed by atoms with Crippen LogP contribution in [-0.4, -0.2) is 17.4 Å². The van der Waals surface area contributed by atoms with Gasteiger partial charge in [0.25, 0.3) is 5.91 Å². The number of hydrogen-bond donors (Lipinski definition) is 1. The molecule has 24 heavy (non-hydrogen) atoms. The molecule has 1 aliphatic heterocycles. The van der Waals surface area contributed by atoms with E-state index in [0.717, 1.165) is 49.3 Å². The van der Waals surface area contributed by atoms with Crippen molar-refractivity contribution < 1.29 is 9.18 Å². The summed E-state index contributed by atoms with van der Waals surface area (Å²) in [5.41, 5.74) is 8.17. The van der Waals surface area contributed by atoms with E-state index in [1.54, 1.807) is 12.1 Å². The lowest BCUT2D eigenvalue weighted by atomic mass is 9.84. The SMILES string of the molecule is NC(=O)c1ccc2c(n1)C1(CCCC1)CN2c1ccc(Cl)c(F)c1. The predicted molar refractivity (Wildman–Crippen MR) is 91.3 cm³/mol. The van der Waals surface area contributed by atoms with E-state index in [1.165, 1.54) is 6.07 Å². The zero-order valence-electron chi connectivity index (χ0n) is 13.1. The first kappa shape index (κ1) is 15.4. The molecule has 124 valence electrons. The van der Waals surface area contributed by atoms with Crippen molar-refractivity contribution in [2.75, 3.05) is 11.4 Å². The number of aromatic nitrogens is 1. The number of nitrogens with zero attached hydrogens (tertiary/aromatic N) is 2. The van der Waals surface area contributed by atoms with E-state index in [4.69, 9.17) is 17.3 Å². The molecule has 1 fully saturated rings. The van der Waals surface area contributed by atoms with Crippen molar-refractivity contribution in [1.29, 1.82) is 0 Å². The van der Waals surface area contributed by atoms with Crippen molar-refractivity contribution in [2.45, 2.75) is 31.1 Å². The third-order valence-electron chi connectivity index (χ3n) is 5.16. The van der Waals surface area contributed by atoms with Crippen molar-refractivity contribution >= 4 is 28.9 Å². The quantitative estimate of drug-likeness (QED) is 0.897. The Labute approximate surface area is 144 Å². The molecule has 4 nitrogen and oxygen atoms in total. The van der Waals surface area contributed by atoms with Gasteiger partial charge in [0.1, 0.15) is 11.5 Å². The number of hydrogen-bond acceptors (Lipinski definition) is 3. The predicted octanol–water partition coefficient (Wildman–Crippen LogP) is 3.94. The molecule has 0 saturated heterocycles. The van der Waals surface area contributed by atoms with Crippen LogP contribution in [0.5, 0.6) is 0 Å². The van der Waals surface area contributed by atoms with E-state index < -0.39 is 11.7 Å². The zero-order chi connectivity index (χ0) is 16.9. The van der Waals surface area contributed by atoms with Crippen LogP contribution < -0.4 is 10.6 Å². The molecule has 2 N–H and O–H groups in total. The molecule has 0 bridgehead atoms. The van der Waals surface area contributed by atoms with E-state index in [2.05, 4.69) is 9.88 Å². The minimum atomic E-state index is -0.526. The summed E-state index contributed by atoms with van der Waals surface area (Å²) in [5, 5.41) is 0.107. The van der Waals surface area contributed by atoms with Gasteiger partial charge in [-0.15, -0.1) is 0 Å². The van der Waals surface area contributed by atoms with Crippen LogP contribution in [0, 0.1) is 5.82 Å². The number of halogens is 2. The molecule has 1 aliphatic carbocycles. The number of pyridine rings is 1. The Morgan fingerprint density at radius 2 is 2.00 bits per heavy atom. The van der Waals surface area contributed by atoms with Gasteiger partial charge in [0.05, 0.1) is 16.4 Å². The summed E-state index contributed by atoms with van der Waals surface area (Å²) < 4.78 is 13.9. The highest BCUT2D eigenvalue weighted by Crippen LogP contribution is 2.51. The van der Waals surface area contributed by atoms with Crippen molar-refractivity contribution in [3.8, 4) is 0 Å². The van der Waals surface area contributed by atoms with Gasteiger partial charge in [-0.1, -0.05) is 24.4 Å². The lowest BCUT2D eigenvalue weighted by Gasteiger charge is -2.25. The maximum atomic E-state index is 13.9. The molecule has 4 rings (SSSR count). The first-order valence-corrected chi connectivity index (χ1v) is 8.42. The van der Waals surface area contributed by atoms with Gasteiger partial charge < -0.3 is 10.6 Å². The maximum absolute atomic E-state index is 13.9. The summed E-state index contributed by atoms with van der Waals surface area (Å²) in [4.78, 5) is 18.2. The Kier molecular flexibility index (Phi) is 3.49. The summed E-state index contributed by atoms with van der Waals surface area (Å²) >= 11 is 5.81. The van der Waals surface area contributed by atoms with Crippen LogP contribution in [0.4, 0.5) is 15.8 Å². The number of amides is 1. The minimum absolute atomic E-state index is 0.0864. The first-order chi connectivity index (χ1) is 11.5. The molecular weight excluding hydrogens is 329 g/mol. The van der Waals surface area contributed by atoms with Crippen molar-refractivity contribution in [3.05, 3.63) is 52.6 Å². The molecule has 0 radical (unpaired) electrons. The van der Waals surface area contributed by atoms with Gasteiger partial charge in [-0.25, -0.2) is 9.37 Å². The largest absolute Gasteiger partial charge is 0.364 e. The number of carbonyl (C=O) groups excluding carboxylic acids is 1. The van der Waals surface area contributed by atoms with Crippen LogP contribution >= 0.6 is 11.6 Å². The van der Waals surface area contributed by atoms with Crippen LogP contribution in [0.3, 0.4) is 0 Å². The fourth-order valence-corrected chi connectivity index (χ4v) is 4.11. The minimum Gasteiger partial charge on any atom is -0.364 e. The lowest BCUT2D eigenvalue weighted by Crippen LogP contribution is -2.29. The molecule has 1 aromatic heterocycles. The van der Waals surface area contributed by atoms with Gasteiger partial charge in [-0.05, 0) is 43.2 Å². The van der Waals surface area contributed by atoms with E-state index in [-0.39, 0.29) is 16.1 Å². The molecule has 0 unspecified atom stereocenters. The van der Waals surface area contributed by atoms with Gasteiger partial charge in [0.2, 0.25) is 0 Å². The Bertz CT molecular complexity index is 833. The van der Waals surface area contributed by atoms with E-state index in [9.17, 15) is 9.18 Å². The van der Waals surface area contributed by atoms with Gasteiger partial charge in [0, 0.05) is 17.6 Å². The second-order valence-electron chi connectivity index (χ2n) is 6.60. The molecule has 6 heteroatoms. The third kappa shape index (κ3) is 2.26. The molecular formula is C18H17ClFN3O. The third-order valence-corrected chi connectivity index (χ3v) is 5.46. The molecule has 2 heterocycles. The van der Waals surface area contributed by atoms with Crippen molar-refractivity contribution in [1.82, 2.24) is 4.98 Å². The van der Waals surface area contributed by atoms with Crippen molar-refractivity contribution in [2.24, 2.45) is 5.73 Å². The second kappa shape index (κ2) is 5.45. The number of fused-ring (bicyclic) bond motifs is 2. The van der Waals surface area contributed by atoms with Crippen LogP contribution in [0.25, 0.3) is 0 Å². The van der Waals surface area contributed by atoms with Crippen LogP contribution in [0.1, 0.15) is 41.9 Å². The number of benzene rings is 1. The Hall–Kier alpha value is -2.14. The molecule has 1 spiro atoms. The molecule has 2 aromatic rings. The van der Waals surface area contributed by atoms with Gasteiger partial charge in [-0.2, -0.15) is 0 Å². The zero-order valence-corrected chi connectivity index (χ0v) is 13.8. The molecule has 1 amide bonds. The Morgan fingerprint density at radius 3 is 2.67 bits per heavy atom. The summed E-state index contributed by atoms with van der Waals surface area (Å²) in [5.74, 6) is -0.966. The summed E-state index contributed by atoms with van der Waals surface area (Å²) in [6.07, 6.45) is 4.29. The first-order valence-electron chi connectivity index (χ1n) is 8.04. The lowest BCUT2D eigenvalue weighted by molar-refractivity contribution is 0.0995. The summed E-state index contributed by atoms with van der Waals surface area (Å²) in [6, 6.07) is 8.32. The van der Waals surface area contributed by atoms with Gasteiger partial charge >= 0.3 is 0 Å². The Morgan fingerprint density at radius 1 is 1.25 bits per heavy atom. The average Bonchev–Trinajstić information content (AvgIpc) is 3.16. The fraction of sp³-hybridized carbons (Fsp3) is 0.333. The smallest absolute Gasteiger partial charge is 0.267 e. The highest BCUT2D eigenvalue weighted by molar-refractivity contribution is 6.30. The summed E-state index contributed by atoms with van der Waals surface area (Å²) in [6.45, 7) is 0.735. The topological polar surface area (TPSA) is 59.2 Å². The highest BCUT2D eigenvalue weighted by atomic mass is 35.5. The molecule has 1 saturated carbocycles. The van der Waals surface area contributed by atoms with Gasteiger partial charge in [0.15, 0.2) is 0 Å². The van der Waals surface area contributed by atoms with E-state index >= 15 is 0 Å². The Balaban J connectivity index is 1.85. The van der Waals surface area contributed by atoms with Crippen molar-refractivity contribution in [3.63, 3.8) is 0 Å². The van der Waals surface area contributed by atoms with E-state index in [1.807, 2.05) is 12.1 Å². The van der Waals surface area contributed by atoms with Crippen LogP contribution in [0.2, 0.25) is 5.02 Å².